The molecule has 0 saturated carbocycles. The molecule has 1 heterocycles. The van der Waals surface area contributed by atoms with Crippen LogP contribution in [0.2, 0.25) is 0 Å². The van der Waals surface area contributed by atoms with Gasteiger partial charge >= 0.3 is 0 Å². The molecule has 1 aliphatic rings. The van der Waals surface area contributed by atoms with Gasteiger partial charge in [-0.1, -0.05) is 37.6 Å². The first-order valence-electron chi connectivity index (χ1n) is 8.47. The summed E-state index contributed by atoms with van der Waals surface area (Å²) in [6, 6.07) is 8.84. The molecule has 1 N–H and O–H groups in total. The molecule has 3 nitrogen and oxygen atoms in total. The largest absolute Gasteiger partial charge is 0.375 e. The monoisotopic (exact) mass is 290 g/mol. The lowest BCUT2D eigenvalue weighted by molar-refractivity contribution is 0.0863. The van der Waals surface area contributed by atoms with Crippen molar-refractivity contribution in [2.24, 2.45) is 0 Å². The molecular formula is C18H30N2O. The van der Waals surface area contributed by atoms with Gasteiger partial charge in [0.25, 0.3) is 0 Å². The Labute approximate surface area is 129 Å². The van der Waals surface area contributed by atoms with Crippen LogP contribution in [-0.4, -0.2) is 44.2 Å². The SMILES string of the molecule is CCNCCc1ccc(COCCN2CCCCC2)cc1. The number of nitrogens with one attached hydrogen (secondary N) is 1. The van der Waals surface area contributed by atoms with Gasteiger partial charge in [0.05, 0.1) is 13.2 Å². The van der Waals surface area contributed by atoms with Gasteiger partial charge in [0.2, 0.25) is 0 Å². The first-order valence-corrected chi connectivity index (χ1v) is 8.47. The second kappa shape index (κ2) is 9.93. The van der Waals surface area contributed by atoms with Crippen LogP contribution in [0.3, 0.4) is 0 Å². The number of hydrogen-bond donors (Lipinski definition) is 1. The van der Waals surface area contributed by atoms with Gasteiger partial charge in [-0.25, -0.2) is 0 Å². The molecule has 1 aromatic rings. The fourth-order valence-electron chi connectivity index (χ4n) is 2.78. The number of piperidine rings is 1. The van der Waals surface area contributed by atoms with Crippen LogP contribution in [0.15, 0.2) is 24.3 Å². The van der Waals surface area contributed by atoms with Crippen LogP contribution in [0.1, 0.15) is 37.3 Å². The van der Waals surface area contributed by atoms with Crippen molar-refractivity contribution < 1.29 is 4.74 Å². The number of hydrogen-bond acceptors (Lipinski definition) is 3. The van der Waals surface area contributed by atoms with Crippen LogP contribution in [0, 0.1) is 0 Å². The molecule has 2 rings (SSSR count). The molecule has 3 heteroatoms. The van der Waals surface area contributed by atoms with E-state index in [1.165, 1.54) is 43.5 Å². The standard InChI is InChI=1S/C18H30N2O/c1-2-19-11-10-17-6-8-18(9-7-17)16-21-15-14-20-12-4-3-5-13-20/h6-9,19H,2-5,10-16H2,1H3. The molecule has 1 aliphatic heterocycles. The number of likely N-dealkylation sites (tertiary alicyclic amines) is 1. The van der Waals surface area contributed by atoms with Crippen molar-refractivity contribution in [2.75, 3.05) is 39.3 Å². The molecule has 0 amide bonds. The van der Waals surface area contributed by atoms with Crippen LogP contribution >= 0.6 is 0 Å². The third kappa shape index (κ3) is 6.60. The van der Waals surface area contributed by atoms with E-state index in [1.54, 1.807) is 0 Å². The Morgan fingerprint density at radius 3 is 2.48 bits per heavy atom. The van der Waals surface area contributed by atoms with E-state index >= 15 is 0 Å². The minimum absolute atomic E-state index is 0.737. The Balaban J connectivity index is 1.59. The number of likely N-dealkylation sites (N-methyl/N-ethyl adjacent to an activating group) is 1. The second-order valence-corrected chi connectivity index (χ2v) is 5.87. The highest BCUT2D eigenvalue weighted by Crippen LogP contribution is 2.09. The fraction of sp³-hybridized carbons (Fsp3) is 0.667. The van der Waals surface area contributed by atoms with Crippen LogP contribution in [0.5, 0.6) is 0 Å². The first-order chi connectivity index (χ1) is 10.4. The molecule has 1 saturated heterocycles. The molecule has 0 aliphatic carbocycles. The highest BCUT2D eigenvalue weighted by molar-refractivity contribution is 5.22. The Hall–Kier alpha value is -0.900. The summed E-state index contributed by atoms with van der Waals surface area (Å²) in [5.74, 6) is 0. The minimum Gasteiger partial charge on any atom is -0.375 e. The molecule has 1 aromatic carbocycles. The zero-order chi connectivity index (χ0) is 14.8. The molecule has 0 atom stereocenters. The quantitative estimate of drug-likeness (QED) is 0.708. The van der Waals surface area contributed by atoms with Crippen molar-refractivity contribution in [1.29, 1.82) is 0 Å². The summed E-state index contributed by atoms with van der Waals surface area (Å²) in [4.78, 5) is 2.52. The van der Waals surface area contributed by atoms with Gasteiger partial charge in [0.15, 0.2) is 0 Å². The molecule has 21 heavy (non-hydrogen) atoms. The number of nitrogens with zero attached hydrogens (tertiary/aromatic N) is 1. The highest BCUT2D eigenvalue weighted by atomic mass is 16.5. The van der Waals surface area contributed by atoms with Crippen molar-refractivity contribution in [1.82, 2.24) is 10.2 Å². The van der Waals surface area contributed by atoms with Crippen LogP contribution < -0.4 is 5.32 Å². The predicted octanol–water partition coefficient (Wildman–Crippen LogP) is 2.84. The molecule has 0 spiro atoms. The van der Waals surface area contributed by atoms with Crippen molar-refractivity contribution >= 4 is 0 Å². The molecule has 1 fully saturated rings. The summed E-state index contributed by atoms with van der Waals surface area (Å²) in [5.41, 5.74) is 2.67. The lowest BCUT2D eigenvalue weighted by atomic mass is 10.1. The average molecular weight is 290 g/mol. The predicted molar refractivity (Wildman–Crippen MR) is 88.6 cm³/mol. The summed E-state index contributed by atoms with van der Waals surface area (Å²) >= 11 is 0. The van der Waals surface area contributed by atoms with Crippen LogP contribution in [0.25, 0.3) is 0 Å². The molecule has 0 aromatic heterocycles. The van der Waals surface area contributed by atoms with Crippen molar-refractivity contribution in [3.8, 4) is 0 Å². The maximum absolute atomic E-state index is 5.81. The normalized spacial score (nSPS) is 16.2. The molecule has 118 valence electrons. The summed E-state index contributed by atoms with van der Waals surface area (Å²) in [6.07, 6.45) is 5.21. The zero-order valence-electron chi connectivity index (χ0n) is 13.4. The van der Waals surface area contributed by atoms with E-state index in [2.05, 4.69) is 41.4 Å². The van der Waals surface area contributed by atoms with E-state index in [4.69, 9.17) is 4.74 Å². The summed E-state index contributed by atoms with van der Waals surface area (Å²) < 4.78 is 5.81. The summed E-state index contributed by atoms with van der Waals surface area (Å²) in [5, 5.41) is 3.36. The van der Waals surface area contributed by atoms with Crippen LogP contribution in [0.4, 0.5) is 0 Å². The minimum atomic E-state index is 0.737. The van der Waals surface area contributed by atoms with E-state index in [0.29, 0.717) is 0 Å². The first kappa shape index (κ1) is 16.5. The van der Waals surface area contributed by atoms with Crippen molar-refractivity contribution in [3.63, 3.8) is 0 Å². The van der Waals surface area contributed by atoms with Gasteiger partial charge in [-0.05, 0) is 56.6 Å². The third-order valence-electron chi connectivity index (χ3n) is 4.13. The fourth-order valence-corrected chi connectivity index (χ4v) is 2.78. The van der Waals surface area contributed by atoms with E-state index in [9.17, 15) is 0 Å². The average Bonchev–Trinajstić information content (AvgIpc) is 2.54. The van der Waals surface area contributed by atoms with Crippen molar-refractivity contribution in [2.45, 2.75) is 39.2 Å². The second-order valence-electron chi connectivity index (χ2n) is 5.87. The summed E-state index contributed by atoms with van der Waals surface area (Å²) in [6.45, 7) is 9.42. The number of ether oxygens (including phenoxy) is 1. The molecular weight excluding hydrogens is 260 g/mol. The topological polar surface area (TPSA) is 24.5 Å². The maximum atomic E-state index is 5.81. The lowest BCUT2D eigenvalue weighted by Gasteiger charge is -2.26. The highest BCUT2D eigenvalue weighted by Gasteiger charge is 2.08. The molecule has 0 radical (unpaired) electrons. The smallest absolute Gasteiger partial charge is 0.0717 e. The maximum Gasteiger partial charge on any atom is 0.0717 e. The Morgan fingerprint density at radius 2 is 1.76 bits per heavy atom. The van der Waals surface area contributed by atoms with Gasteiger partial charge in [-0.2, -0.15) is 0 Å². The van der Waals surface area contributed by atoms with Crippen LogP contribution in [-0.2, 0) is 17.8 Å². The Kier molecular flexibility index (Phi) is 7.79. The van der Waals surface area contributed by atoms with Gasteiger partial charge in [-0.15, -0.1) is 0 Å². The lowest BCUT2D eigenvalue weighted by Crippen LogP contribution is -2.32. The third-order valence-corrected chi connectivity index (χ3v) is 4.13. The summed E-state index contributed by atoms with van der Waals surface area (Å²) in [7, 11) is 0. The Bertz CT molecular complexity index is 371. The van der Waals surface area contributed by atoms with E-state index in [-0.39, 0.29) is 0 Å². The van der Waals surface area contributed by atoms with E-state index in [0.717, 1.165) is 39.3 Å². The number of rotatable bonds is 9. The van der Waals surface area contributed by atoms with Gasteiger partial charge in [0, 0.05) is 6.54 Å². The van der Waals surface area contributed by atoms with Crippen molar-refractivity contribution in [3.05, 3.63) is 35.4 Å². The molecule has 0 unspecified atom stereocenters. The molecule has 0 bridgehead atoms. The van der Waals surface area contributed by atoms with E-state index in [1.807, 2.05) is 0 Å². The Morgan fingerprint density at radius 1 is 1.05 bits per heavy atom. The van der Waals surface area contributed by atoms with Gasteiger partial charge in [-0.3, -0.25) is 0 Å². The number of benzene rings is 1. The zero-order valence-corrected chi connectivity index (χ0v) is 13.4. The van der Waals surface area contributed by atoms with Gasteiger partial charge < -0.3 is 15.0 Å². The van der Waals surface area contributed by atoms with Gasteiger partial charge in [0.1, 0.15) is 0 Å². The van der Waals surface area contributed by atoms with E-state index < -0.39 is 0 Å².